The Bertz CT molecular complexity index is 1140. The van der Waals surface area contributed by atoms with Gasteiger partial charge in [-0.15, -0.1) is 0 Å². The third kappa shape index (κ3) is 4.18. The van der Waals surface area contributed by atoms with Crippen LogP contribution >= 0.6 is 0 Å². The van der Waals surface area contributed by atoms with Crippen LogP contribution in [0.2, 0.25) is 0 Å². The highest BCUT2D eigenvalue weighted by Crippen LogP contribution is 2.32. The van der Waals surface area contributed by atoms with Gasteiger partial charge in [-0.1, -0.05) is 26.0 Å². The average Bonchev–Trinajstić information content (AvgIpc) is 3.32. The number of nitrogens with zero attached hydrogens (tertiary/aromatic N) is 2. The van der Waals surface area contributed by atoms with Gasteiger partial charge in [-0.2, -0.15) is 0 Å². The predicted molar refractivity (Wildman–Crippen MR) is 119 cm³/mol. The molecular weight excluding hydrogens is 392 g/mol. The molecular formula is C24H28N4O3. The Balaban J connectivity index is 1.74. The molecule has 7 heteroatoms. The Morgan fingerprint density at radius 2 is 2.03 bits per heavy atom. The van der Waals surface area contributed by atoms with E-state index in [0.717, 1.165) is 22.9 Å². The lowest BCUT2D eigenvalue weighted by molar-refractivity contribution is 0.0949. The van der Waals surface area contributed by atoms with Gasteiger partial charge < -0.3 is 20.3 Å². The molecule has 7 nitrogen and oxygen atoms in total. The van der Waals surface area contributed by atoms with Crippen LogP contribution in [-0.4, -0.2) is 46.2 Å². The first kappa shape index (κ1) is 21.1. The number of rotatable bonds is 7. The van der Waals surface area contributed by atoms with Crippen molar-refractivity contribution in [3.05, 3.63) is 65.1 Å². The van der Waals surface area contributed by atoms with E-state index < -0.39 is 0 Å². The topological polar surface area (TPSA) is 96.2 Å². The number of pyridine rings is 1. The molecule has 0 saturated heterocycles. The van der Waals surface area contributed by atoms with Crippen molar-refractivity contribution in [2.24, 2.45) is 5.92 Å². The molecule has 3 N–H and O–H groups in total. The second kappa shape index (κ2) is 8.51. The van der Waals surface area contributed by atoms with Crippen LogP contribution in [-0.2, 0) is 6.54 Å². The fourth-order valence-electron chi connectivity index (χ4n) is 4.01. The molecule has 1 aliphatic rings. The van der Waals surface area contributed by atoms with Crippen LogP contribution in [0.15, 0.2) is 42.6 Å². The standard InChI is InChI=1S/C24H28N4O3/c1-14-11-19(14)27-23(30)16-12-20(26-21(13-16)24(31)25-3)15(2)17-5-4-6-22-18(17)7-8-28(22)9-10-29/h4-8,12-15,19,29H,9-11H2,1-3H3,(H,25,31)(H,27,30)/t14-,15-,19-/m0/s1. The first-order valence-corrected chi connectivity index (χ1v) is 10.7. The monoisotopic (exact) mass is 420 g/mol. The Labute approximate surface area is 181 Å². The molecule has 1 aromatic carbocycles. The van der Waals surface area contributed by atoms with Crippen LogP contribution in [0.25, 0.3) is 10.9 Å². The van der Waals surface area contributed by atoms with Gasteiger partial charge >= 0.3 is 0 Å². The number of carbonyl (C=O) groups is 2. The highest BCUT2D eigenvalue weighted by atomic mass is 16.3. The Kier molecular flexibility index (Phi) is 5.78. The molecule has 1 aliphatic carbocycles. The van der Waals surface area contributed by atoms with Crippen molar-refractivity contribution in [1.82, 2.24) is 20.2 Å². The van der Waals surface area contributed by atoms with E-state index in [1.54, 1.807) is 19.2 Å². The maximum atomic E-state index is 12.8. The maximum absolute atomic E-state index is 12.8. The van der Waals surface area contributed by atoms with Gasteiger partial charge in [0.15, 0.2) is 0 Å². The van der Waals surface area contributed by atoms with Crippen LogP contribution < -0.4 is 10.6 Å². The minimum absolute atomic E-state index is 0.0668. The molecule has 3 aromatic rings. The molecule has 2 amide bonds. The van der Waals surface area contributed by atoms with Gasteiger partial charge in [-0.3, -0.25) is 9.59 Å². The Morgan fingerprint density at radius 1 is 1.26 bits per heavy atom. The summed E-state index contributed by atoms with van der Waals surface area (Å²) in [6.45, 7) is 4.72. The lowest BCUT2D eigenvalue weighted by atomic mass is 9.93. The highest BCUT2D eigenvalue weighted by molar-refractivity contribution is 5.99. The van der Waals surface area contributed by atoms with Gasteiger partial charge in [-0.05, 0) is 42.2 Å². The van der Waals surface area contributed by atoms with E-state index in [2.05, 4.69) is 22.5 Å². The van der Waals surface area contributed by atoms with Crippen molar-refractivity contribution in [3.63, 3.8) is 0 Å². The van der Waals surface area contributed by atoms with Crippen LogP contribution in [0.1, 0.15) is 58.3 Å². The number of aliphatic hydroxyl groups is 1. The zero-order valence-corrected chi connectivity index (χ0v) is 18.1. The molecule has 4 rings (SSSR count). The lowest BCUT2D eigenvalue weighted by Gasteiger charge is -2.16. The largest absolute Gasteiger partial charge is 0.395 e. The quantitative estimate of drug-likeness (QED) is 0.548. The molecule has 0 bridgehead atoms. The smallest absolute Gasteiger partial charge is 0.269 e. The first-order chi connectivity index (χ1) is 14.9. The summed E-state index contributed by atoms with van der Waals surface area (Å²) >= 11 is 0. The number of aromatic nitrogens is 2. The highest BCUT2D eigenvalue weighted by Gasteiger charge is 2.34. The van der Waals surface area contributed by atoms with Gasteiger partial charge in [0.25, 0.3) is 11.8 Å². The number of nitrogens with one attached hydrogen (secondary N) is 2. The van der Waals surface area contributed by atoms with E-state index in [1.807, 2.05) is 42.0 Å². The van der Waals surface area contributed by atoms with Crippen molar-refractivity contribution in [3.8, 4) is 0 Å². The molecule has 0 spiro atoms. The molecule has 31 heavy (non-hydrogen) atoms. The van der Waals surface area contributed by atoms with Crippen LogP contribution in [0.3, 0.4) is 0 Å². The zero-order valence-electron chi connectivity index (χ0n) is 18.1. The molecule has 0 unspecified atom stereocenters. The molecule has 2 heterocycles. The fourth-order valence-corrected chi connectivity index (χ4v) is 4.01. The van der Waals surface area contributed by atoms with Gasteiger partial charge in [0, 0.05) is 53.9 Å². The molecule has 0 radical (unpaired) electrons. The summed E-state index contributed by atoms with van der Waals surface area (Å²) in [5.74, 6) is -0.148. The fraction of sp³-hybridized carbons (Fsp3) is 0.375. The number of fused-ring (bicyclic) bond motifs is 1. The lowest BCUT2D eigenvalue weighted by Crippen LogP contribution is -2.28. The Morgan fingerprint density at radius 3 is 2.71 bits per heavy atom. The van der Waals surface area contributed by atoms with Crippen molar-refractivity contribution in [1.29, 1.82) is 0 Å². The van der Waals surface area contributed by atoms with Crippen molar-refractivity contribution >= 4 is 22.7 Å². The normalized spacial score (nSPS) is 18.6. The van der Waals surface area contributed by atoms with Crippen molar-refractivity contribution in [2.45, 2.75) is 38.8 Å². The van der Waals surface area contributed by atoms with E-state index in [4.69, 9.17) is 0 Å². The van der Waals surface area contributed by atoms with E-state index in [0.29, 0.717) is 23.7 Å². The molecule has 2 aromatic heterocycles. The number of amides is 2. The van der Waals surface area contributed by atoms with Crippen LogP contribution in [0.4, 0.5) is 0 Å². The first-order valence-electron chi connectivity index (χ1n) is 10.7. The van der Waals surface area contributed by atoms with Crippen molar-refractivity contribution < 1.29 is 14.7 Å². The SMILES string of the molecule is CNC(=O)c1cc(C(=O)N[C@H]2C[C@@H]2C)cc([C@@H](C)c2cccc3c2ccn3CCO)n1. The molecule has 1 fully saturated rings. The van der Waals surface area contributed by atoms with E-state index in [9.17, 15) is 14.7 Å². The van der Waals surface area contributed by atoms with Gasteiger partial charge in [0.05, 0.1) is 6.61 Å². The number of hydrogen-bond donors (Lipinski definition) is 3. The van der Waals surface area contributed by atoms with Gasteiger partial charge in [-0.25, -0.2) is 4.98 Å². The second-order valence-corrected chi connectivity index (χ2v) is 8.27. The number of benzene rings is 1. The molecule has 0 aliphatic heterocycles. The Hall–Kier alpha value is -3.19. The van der Waals surface area contributed by atoms with E-state index in [-0.39, 0.29) is 36.1 Å². The van der Waals surface area contributed by atoms with Crippen LogP contribution in [0.5, 0.6) is 0 Å². The predicted octanol–water partition coefficient (Wildman–Crippen LogP) is 2.68. The molecule has 162 valence electrons. The van der Waals surface area contributed by atoms with Gasteiger partial charge in [0.2, 0.25) is 0 Å². The molecule has 3 atom stereocenters. The average molecular weight is 421 g/mol. The summed E-state index contributed by atoms with van der Waals surface area (Å²) in [5.41, 5.74) is 3.42. The minimum Gasteiger partial charge on any atom is -0.395 e. The van der Waals surface area contributed by atoms with E-state index in [1.165, 1.54) is 0 Å². The second-order valence-electron chi connectivity index (χ2n) is 8.27. The third-order valence-electron chi connectivity index (χ3n) is 6.09. The summed E-state index contributed by atoms with van der Waals surface area (Å²) in [7, 11) is 1.55. The van der Waals surface area contributed by atoms with Gasteiger partial charge in [0.1, 0.15) is 5.69 Å². The number of aliphatic hydroxyl groups excluding tert-OH is 1. The summed E-state index contributed by atoms with van der Waals surface area (Å²) in [5, 5.41) is 16.0. The van der Waals surface area contributed by atoms with Crippen molar-refractivity contribution in [2.75, 3.05) is 13.7 Å². The maximum Gasteiger partial charge on any atom is 0.269 e. The molecule has 1 saturated carbocycles. The number of hydrogen-bond acceptors (Lipinski definition) is 4. The summed E-state index contributed by atoms with van der Waals surface area (Å²) in [4.78, 5) is 29.7. The minimum atomic E-state index is -0.324. The summed E-state index contributed by atoms with van der Waals surface area (Å²) < 4.78 is 2.01. The summed E-state index contributed by atoms with van der Waals surface area (Å²) in [6, 6.07) is 11.6. The van der Waals surface area contributed by atoms with E-state index >= 15 is 0 Å². The zero-order chi connectivity index (χ0) is 22.1. The third-order valence-corrected chi connectivity index (χ3v) is 6.09. The number of carbonyl (C=O) groups excluding carboxylic acids is 2. The van der Waals surface area contributed by atoms with Crippen LogP contribution in [0, 0.1) is 5.92 Å². The summed E-state index contributed by atoms with van der Waals surface area (Å²) in [6.07, 6.45) is 2.94.